The summed E-state index contributed by atoms with van der Waals surface area (Å²) in [6.07, 6.45) is 0. The number of benzene rings is 2. The Morgan fingerprint density at radius 3 is 2.77 bits per heavy atom. The van der Waals surface area contributed by atoms with Crippen LogP contribution in [0.5, 0.6) is 11.5 Å². The number of nitrogens with zero attached hydrogens (tertiary/aromatic N) is 1. The molecule has 0 unspecified atom stereocenters. The van der Waals surface area contributed by atoms with Crippen LogP contribution in [0.15, 0.2) is 42.5 Å². The average molecular weight is 314 g/mol. The van der Waals surface area contributed by atoms with Gasteiger partial charge in [0.1, 0.15) is 11.6 Å². The quantitative estimate of drug-likeness (QED) is 0.785. The average Bonchev–Trinajstić information content (AvgIpc) is 2.95. The third-order valence-corrected chi connectivity index (χ3v) is 4.15. The number of ether oxygens (including phenoxy) is 2. The zero-order valence-electron chi connectivity index (χ0n) is 11.9. The molecule has 3 rings (SSSR count). The molecule has 0 saturated carbocycles. The fourth-order valence-corrected chi connectivity index (χ4v) is 3.02. The number of hydrogen-bond acceptors (Lipinski definition) is 5. The Morgan fingerprint density at radius 2 is 2.05 bits per heavy atom. The van der Waals surface area contributed by atoms with Crippen LogP contribution in [0.4, 0.5) is 0 Å². The molecule has 1 aromatic heterocycles. The summed E-state index contributed by atoms with van der Waals surface area (Å²) in [5.74, 6) is 0.257. The van der Waals surface area contributed by atoms with Crippen LogP contribution in [0.3, 0.4) is 0 Å². The molecule has 0 fully saturated rings. The molecule has 1 heterocycles. The molecule has 0 radical (unpaired) electrons. The van der Waals surface area contributed by atoms with Crippen molar-refractivity contribution in [2.45, 2.75) is 6.61 Å². The van der Waals surface area contributed by atoms with Crippen molar-refractivity contribution < 1.29 is 14.3 Å². The van der Waals surface area contributed by atoms with Crippen molar-refractivity contribution in [3.63, 3.8) is 0 Å². The Balaban J connectivity index is 1.88. The normalized spacial score (nSPS) is 10.6. The number of rotatable bonds is 5. The molecule has 2 aromatic carbocycles. The highest BCUT2D eigenvalue weighted by molar-refractivity contribution is 7.18. The highest BCUT2D eigenvalue weighted by atomic mass is 32.1. The minimum Gasteiger partial charge on any atom is -0.493 e. The smallest absolute Gasteiger partial charge is 0.252 e. The van der Waals surface area contributed by atoms with E-state index in [4.69, 9.17) is 15.2 Å². The van der Waals surface area contributed by atoms with E-state index in [9.17, 15) is 4.79 Å². The third kappa shape index (κ3) is 2.73. The fourth-order valence-electron chi connectivity index (χ4n) is 2.14. The molecule has 112 valence electrons. The molecule has 0 spiro atoms. The number of amides is 1. The Bertz CT molecular complexity index is 796. The van der Waals surface area contributed by atoms with Crippen LogP contribution in [-0.4, -0.2) is 18.0 Å². The van der Waals surface area contributed by atoms with Gasteiger partial charge >= 0.3 is 0 Å². The van der Waals surface area contributed by atoms with Crippen molar-refractivity contribution in [2.75, 3.05) is 7.11 Å². The summed E-state index contributed by atoms with van der Waals surface area (Å²) >= 11 is 1.55. The van der Waals surface area contributed by atoms with E-state index in [1.807, 2.05) is 24.3 Å². The predicted octanol–water partition coefficient (Wildman–Crippen LogP) is 2.98. The van der Waals surface area contributed by atoms with Crippen LogP contribution in [0, 0.1) is 0 Å². The SMILES string of the molecule is COc1cccc(C(N)=O)c1OCc1nc2ccccc2s1. The molecular formula is C16H14N2O3S. The van der Waals surface area contributed by atoms with Crippen LogP contribution in [0.2, 0.25) is 0 Å². The van der Waals surface area contributed by atoms with Gasteiger partial charge in [-0.05, 0) is 24.3 Å². The maximum absolute atomic E-state index is 11.5. The van der Waals surface area contributed by atoms with Gasteiger partial charge in [-0.3, -0.25) is 4.79 Å². The monoisotopic (exact) mass is 314 g/mol. The zero-order valence-corrected chi connectivity index (χ0v) is 12.7. The van der Waals surface area contributed by atoms with E-state index in [1.54, 1.807) is 29.5 Å². The van der Waals surface area contributed by atoms with E-state index < -0.39 is 5.91 Å². The number of para-hydroxylation sites is 2. The first-order chi connectivity index (χ1) is 10.7. The lowest BCUT2D eigenvalue weighted by atomic mass is 10.2. The van der Waals surface area contributed by atoms with Gasteiger partial charge in [0.25, 0.3) is 5.91 Å². The van der Waals surface area contributed by atoms with Crippen molar-refractivity contribution in [2.24, 2.45) is 5.73 Å². The van der Waals surface area contributed by atoms with E-state index in [-0.39, 0.29) is 6.61 Å². The molecule has 0 bridgehead atoms. The summed E-state index contributed by atoms with van der Waals surface area (Å²) in [6, 6.07) is 12.9. The fraction of sp³-hybridized carbons (Fsp3) is 0.125. The second-order valence-electron chi connectivity index (χ2n) is 4.57. The molecule has 0 aliphatic heterocycles. The van der Waals surface area contributed by atoms with Gasteiger partial charge in [-0.15, -0.1) is 11.3 Å². The molecule has 3 aromatic rings. The highest BCUT2D eigenvalue weighted by Gasteiger charge is 2.15. The summed E-state index contributed by atoms with van der Waals surface area (Å²) in [4.78, 5) is 16.0. The van der Waals surface area contributed by atoms with Gasteiger partial charge in [0.05, 0.1) is 22.9 Å². The molecule has 6 heteroatoms. The number of carbonyl (C=O) groups excluding carboxylic acids is 1. The summed E-state index contributed by atoms with van der Waals surface area (Å²) in [7, 11) is 1.52. The highest BCUT2D eigenvalue weighted by Crippen LogP contribution is 2.32. The van der Waals surface area contributed by atoms with Crippen molar-refractivity contribution in [1.82, 2.24) is 4.98 Å². The Kier molecular flexibility index (Phi) is 3.93. The maximum Gasteiger partial charge on any atom is 0.252 e. The van der Waals surface area contributed by atoms with E-state index in [0.29, 0.717) is 17.1 Å². The van der Waals surface area contributed by atoms with Gasteiger partial charge in [0.15, 0.2) is 11.5 Å². The topological polar surface area (TPSA) is 74.4 Å². The van der Waals surface area contributed by atoms with Crippen LogP contribution < -0.4 is 15.2 Å². The second-order valence-corrected chi connectivity index (χ2v) is 5.68. The molecule has 0 saturated heterocycles. The molecular weight excluding hydrogens is 300 g/mol. The van der Waals surface area contributed by atoms with Crippen molar-refractivity contribution in [3.05, 3.63) is 53.0 Å². The standard InChI is InChI=1S/C16H14N2O3S/c1-20-12-7-4-5-10(16(17)19)15(12)21-9-14-18-11-6-2-3-8-13(11)22-14/h2-8H,9H2,1H3,(H2,17,19). The number of fused-ring (bicyclic) bond motifs is 1. The number of nitrogens with two attached hydrogens (primary N) is 1. The molecule has 5 nitrogen and oxygen atoms in total. The second kappa shape index (κ2) is 6.03. The van der Waals surface area contributed by atoms with Crippen LogP contribution >= 0.6 is 11.3 Å². The number of hydrogen-bond donors (Lipinski definition) is 1. The Morgan fingerprint density at radius 1 is 1.23 bits per heavy atom. The Labute approximate surface area is 131 Å². The van der Waals surface area contributed by atoms with E-state index >= 15 is 0 Å². The van der Waals surface area contributed by atoms with E-state index in [0.717, 1.165) is 15.2 Å². The number of aromatic nitrogens is 1. The van der Waals surface area contributed by atoms with Crippen LogP contribution in [-0.2, 0) is 6.61 Å². The largest absolute Gasteiger partial charge is 0.493 e. The van der Waals surface area contributed by atoms with Crippen molar-refractivity contribution in [3.8, 4) is 11.5 Å². The number of thiazole rings is 1. The number of primary amides is 1. The number of methoxy groups -OCH3 is 1. The van der Waals surface area contributed by atoms with Gasteiger partial charge in [-0.2, -0.15) is 0 Å². The van der Waals surface area contributed by atoms with Gasteiger partial charge in [-0.1, -0.05) is 18.2 Å². The van der Waals surface area contributed by atoms with Gasteiger partial charge < -0.3 is 15.2 Å². The van der Waals surface area contributed by atoms with Crippen molar-refractivity contribution in [1.29, 1.82) is 0 Å². The minimum absolute atomic E-state index is 0.250. The van der Waals surface area contributed by atoms with Gasteiger partial charge in [0, 0.05) is 0 Å². The van der Waals surface area contributed by atoms with Crippen LogP contribution in [0.25, 0.3) is 10.2 Å². The first-order valence-electron chi connectivity index (χ1n) is 6.63. The Hall–Kier alpha value is -2.60. The predicted molar refractivity (Wildman–Crippen MR) is 85.5 cm³/mol. The first kappa shape index (κ1) is 14.3. The van der Waals surface area contributed by atoms with E-state index in [2.05, 4.69) is 4.98 Å². The summed E-state index contributed by atoms with van der Waals surface area (Å²) in [5, 5.41) is 0.822. The summed E-state index contributed by atoms with van der Waals surface area (Å²) < 4.78 is 12.1. The molecule has 22 heavy (non-hydrogen) atoms. The lowest BCUT2D eigenvalue weighted by Crippen LogP contribution is -2.13. The molecule has 1 amide bonds. The minimum atomic E-state index is -0.557. The molecule has 0 atom stereocenters. The van der Waals surface area contributed by atoms with Gasteiger partial charge in [-0.25, -0.2) is 4.98 Å². The molecule has 0 aliphatic carbocycles. The summed E-state index contributed by atoms with van der Waals surface area (Å²) in [6.45, 7) is 0.250. The summed E-state index contributed by atoms with van der Waals surface area (Å²) in [5.41, 5.74) is 6.60. The lowest BCUT2D eigenvalue weighted by Gasteiger charge is -2.12. The zero-order chi connectivity index (χ0) is 15.5. The van der Waals surface area contributed by atoms with Crippen LogP contribution in [0.1, 0.15) is 15.4 Å². The maximum atomic E-state index is 11.5. The molecule has 2 N–H and O–H groups in total. The third-order valence-electron chi connectivity index (χ3n) is 3.14. The lowest BCUT2D eigenvalue weighted by molar-refractivity contribution is 0.0995. The van der Waals surface area contributed by atoms with Gasteiger partial charge in [0.2, 0.25) is 0 Å². The molecule has 0 aliphatic rings. The first-order valence-corrected chi connectivity index (χ1v) is 7.44. The van der Waals surface area contributed by atoms with E-state index in [1.165, 1.54) is 7.11 Å². The van der Waals surface area contributed by atoms with Crippen molar-refractivity contribution >= 4 is 27.5 Å². The number of carbonyl (C=O) groups is 1.